The largest absolute Gasteiger partial charge is 0.339 e. The van der Waals surface area contributed by atoms with Gasteiger partial charge in [-0.25, -0.2) is 9.97 Å². The van der Waals surface area contributed by atoms with E-state index in [-0.39, 0.29) is 0 Å². The van der Waals surface area contributed by atoms with Crippen molar-refractivity contribution in [3.8, 4) is 6.07 Å². The first-order chi connectivity index (χ1) is 8.58. The number of aromatic nitrogens is 2. The molecule has 1 aromatic heterocycles. The molecule has 2 rings (SSSR count). The molecule has 1 N–H and O–H groups in total. The summed E-state index contributed by atoms with van der Waals surface area (Å²) in [6.45, 7) is 1.75. The second-order valence-corrected chi connectivity index (χ2v) is 4.85. The van der Waals surface area contributed by atoms with Crippen LogP contribution in [0, 0.1) is 18.3 Å². The van der Waals surface area contributed by atoms with Gasteiger partial charge >= 0.3 is 0 Å². The molecule has 90 valence electrons. The van der Waals surface area contributed by atoms with Gasteiger partial charge in [-0.2, -0.15) is 5.26 Å². The molecule has 0 spiro atoms. The van der Waals surface area contributed by atoms with Gasteiger partial charge in [0.2, 0.25) is 0 Å². The summed E-state index contributed by atoms with van der Waals surface area (Å²) >= 11 is 9.22. The second-order valence-electron chi connectivity index (χ2n) is 3.55. The zero-order chi connectivity index (χ0) is 13.1. The zero-order valence-corrected chi connectivity index (χ0v) is 11.7. The summed E-state index contributed by atoms with van der Waals surface area (Å²) in [5.74, 6) is 1.13. The van der Waals surface area contributed by atoms with Crippen LogP contribution in [0.5, 0.6) is 0 Å². The molecule has 0 bridgehead atoms. The van der Waals surface area contributed by atoms with Gasteiger partial charge in [-0.1, -0.05) is 27.5 Å². The first-order valence-electron chi connectivity index (χ1n) is 5.06. The van der Waals surface area contributed by atoms with Crippen LogP contribution in [0.3, 0.4) is 0 Å². The van der Waals surface area contributed by atoms with E-state index in [0.717, 1.165) is 4.47 Å². The maximum absolute atomic E-state index is 9.03. The molecule has 0 aliphatic rings. The predicted octanol–water partition coefficient (Wildman–Crippen LogP) is 3.82. The number of rotatable bonds is 2. The molecule has 0 unspecified atom stereocenters. The van der Waals surface area contributed by atoms with Crippen LogP contribution >= 0.6 is 27.5 Å². The number of halogens is 2. The number of nitrogens with one attached hydrogen (secondary N) is 1. The normalized spacial score (nSPS) is 9.89. The molecular weight excluding hydrogens is 316 g/mol. The molecule has 2 aromatic rings. The Kier molecular flexibility index (Phi) is 3.80. The second kappa shape index (κ2) is 5.34. The lowest BCUT2D eigenvalue weighted by Crippen LogP contribution is -1.99. The molecule has 18 heavy (non-hydrogen) atoms. The minimum Gasteiger partial charge on any atom is -0.339 e. The first kappa shape index (κ1) is 12.8. The number of benzene rings is 1. The third kappa shape index (κ3) is 2.97. The molecule has 0 saturated heterocycles. The van der Waals surface area contributed by atoms with Gasteiger partial charge in [0.25, 0.3) is 0 Å². The van der Waals surface area contributed by atoms with E-state index in [0.29, 0.717) is 28.0 Å². The van der Waals surface area contributed by atoms with E-state index in [9.17, 15) is 0 Å². The van der Waals surface area contributed by atoms with Crippen molar-refractivity contribution in [1.29, 1.82) is 5.26 Å². The van der Waals surface area contributed by atoms with Crippen LogP contribution in [0.2, 0.25) is 5.15 Å². The van der Waals surface area contributed by atoms with Crippen molar-refractivity contribution >= 4 is 39.0 Å². The highest BCUT2D eigenvalue weighted by Gasteiger charge is 2.05. The zero-order valence-electron chi connectivity index (χ0n) is 9.41. The fourth-order valence-corrected chi connectivity index (χ4v) is 2.04. The molecule has 0 saturated carbocycles. The number of hydrogen-bond acceptors (Lipinski definition) is 4. The van der Waals surface area contributed by atoms with Crippen LogP contribution in [0.1, 0.15) is 11.4 Å². The smallest absolute Gasteiger partial charge is 0.135 e. The van der Waals surface area contributed by atoms with Crippen molar-refractivity contribution < 1.29 is 0 Å². The Hall–Kier alpha value is -1.64. The summed E-state index contributed by atoms with van der Waals surface area (Å²) < 4.78 is 0.876. The Labute approximate surface area is 118 Å². The van der Waals surface area contributed by atoms with Crippen molar-refractivity contribution in [2.45, 2.75) is 6.92 Å². The van der Waals surface area contributed by atoms with E-state index in [4.69, 9.17) is 16.9 Å². The first-order valence-corrected chi connectivity index (χ1v) is 6.23. The maximum atomic E-state index is 9.03. The van der Waals surface area contributed by atoms with Gasteiger partial charge in [0.1, 0.15) is 22.9 Å². The van der Waals surface area contributed by atoms with E-state index in [1.54, 1.807) is 19.1 Å². The van der Waals surface area contributed by atoms with Crippen LogP contribution in [-0.4, -0.2) is 9.97 Å². The highest BCUT2D eigenvalue weighted by Crippen LogP contribution is 2.24. The number of nitriles is 1. The number of anilines is 2. The van der Waals surface area contributed by atoms with Gasteiger partial charge in [-0.15, -0.1) is 0 Å². The Morgan fingerprint density at radius 3 is 2.78 bits per heavy atom. The van der Waals surface area contributed by atoms with E-state index >= 15 is 0 Å². The van der Waals surface area contributed by atoms with Gasteiger partial charge in [0.15, 0.2) is 0 Å². The lowest BCUT2D eigenvalue weighted by atomic mass is 10.2. The highest BCUT2D eigenvalue weighted by molar-refractivity contribution is 9.10. The van der Waals surface area contributed by atoms with Crippen LogP contribution in [0.15, 0.2) is 28.7 Å². The number of hydrogen-bond donors (Lipinski definition) is 1. The molecule has 0 aliphatic carbocycles. The van der Waals surface area contributed by atoms with Crippen LogP contribution in [0.4, 0.5) is 11.5 Å². The molecular formula is C12H8BrClN4. The lowest BCUT2D eigenvalue weighted by molar-refractivity contribution is 1.06. The molecule has 0 fully saturated rings. The SMILES string of the molecule is Cc1nc(Cl)cc(Nc2cc(Br)ccc2C#N)n1. The molecule has 1 heterocycles. The maximum Gasteiger partial charge on any atom is 0.135 e. The van der Waals surface area contributed by atoms with E-state index in [1.807, 2.05) is 12.1 Å². The van der Waals surface area contributed by atoms with E-state index in [2.05, 4.69) is 37.3 Å². The van der Waals surface area contributed by atoms with Crippen molar-refractivity contribution in [2.24, 2.45) is 0 Å². The summed E-state index contributed by atoms with van der Waals surface area (Å²) in [6, 6.07) is 9.06. The van der Waals surface area contributed by atoms with Gasteiger partial charge < -0.3 is 5.32 Å². The summed E-state index contributed by atoms with van der Waals surface area (Å²) in [6.07, 6.45) is 0. The van der Waals surface area contributed by atoms with Crippen molar-refractivity contribution in [3.63, 3.8) is 0 Å². The van der Waals surface area contributed by atoms with E-state index < -0.39 is 0 Å². The van der Waals surface area contributed by atoms with Gasteiger partial charge in [0, 0.05) is 10.5 Å². The summed E-state index contributed by atoms with van der Waals surface area (Å²) in [7, 11) is 0. The summed E-state index contributed by atoms with van der Waals surface area (Å²) in [4.78, 5) is 8.18. The van der Waals surface area contributed by atoms with Crippen molar-refractivity contribution in [3.05, 3.63) is 45.3 Å². The molecule has 6 heteroatoms. The average molecular weight is 324 g/mol. The quantitative estimate of drug-likeness (QED) is 0.854. The van der Waals surface area contributed by atoms with Crippen LogP contribution in [-0.2, 0) is 0 Å². The Morgan fingerprint density at radius 1 is 1.33 bits per heavy atom. The summed E-state index contributed by atoms with van der Waals surface area (Å²) in [5.41, 5.74) is 1.20. The van der Waals surface area contributed by atoms with Gasteiger partial charge in [-0.05, 0) is 25.1 Å². The predicted molar refractivity (Wildman–Crippen MR) is 73.9 cm³/mol. The number of aryl methyl sites for hydroxylation is 1. The fourth-order valence-electron chi connectivity index (χ4n) is 1.45. The minimum absolute atomic E-state index is 0.360. The summed E-state index contributed by atoms with van der Waals surface area (Å²) in [5, 5.41) is 12.4. The Balaban J connectivity index is 2.39. The molecule has 4 nitrogen and oxygen atoms in total. The fraction of sp³-hybridized carbons (Fsp3) is 0.0833. The van der Waals surface area contributed by atoms with Crippen LogP contribution in [0.25, 0.3) is 0 Å². The van der Waals surface area contributed by atoms with E-state index in [1.165, 1.54) is 0 Å². The minimum atomic E-state index is 0.360. The lowest BCUT2D eigenvalue weighted by Gasteiger charge is -2.08. The Morgan fingerprint density at radius 2 is 2.11 bits per heavy atom. The molecule has 1 aromatic carbocycles. The third-order valence-electron chi connectivity index (χ3n) is 2.17. The number of nitrogens with zero attached hydrogens (tertiary/aromatic N) is 3. The standard InChI is InChI=1S/C12H8BrClN4/c1-7-16-11(14)5-12(17-7)18-10-4-9(13)3-2-8(10)6-15/h2-5H,1H3,(H,16,17,18). The highest BCUT2D eigenvalue weighted by atomic mass is 79.9. The van der Waals surface area contributed by atoms with Crippen LogP contribution < -0.4 is 5.32 Å². The molecule has 0 atom stereocenters. The third-order valence-corrected chi connectivity index (χ3v) is 2.86. The molecule has 0 aliphatic heterocycles. The van der Waals surface area contributed by atoms with Crippen molar-refractivity contribution in [2.75, 3.05) is 5.32 Å². The van der Waals surface area contributed by atoms with Crippen molar-refractivity contribution in [1.82, 2.24) is 9.97 Å². The molecule has 0 radical (unpaired) electrons. The topological polar surface area (TPSA) is 61.6 Å². The molecule has 0 amide bonds. The monoisotopic (exact) mass is 322 g/mol. The average Bonchev–Trinajstić information content (AvgIpc) is 2.27. The van der Waals surface area contributed by atoms with Gasteiger partial charge in [0.05, 0.1) is 11.3 Å². The Bertz CT molecular complexity index is 616. The van der Waals surface area contributed by atoms with Gasteiger partial charge in [-0.3, -0.25) is 0 Å².